The van der Waals surface area contributed by atoms with E-state index in [-0.39, 0.29) is 11.8 Å². The van der Waals surface area contributed by atoms with Gasteiger partial charge in [0, 0.05) is 50.4 Å². The lowest BCUT2D eigenvalue weighted by molar-refractivity contribution is 0.0628. The van der Waals surface area contributed by atoms with Crippen LogP contribution in [0.15, 0.2) is 54.6 Å². The fourth-order valence-corrected chi connectivity index (χ4v) is 3.50. The van der Waals surface area contributed by atoms with Crippen LogP contribution in [0.5, 0.6) is 0 Å². The fourth-order valence-electron chi connectivity index (χ4n) is 3.50. The monoisotopic (exact) mass is 393 g/mol. The van der Waals surface area contributed by atoms with Crippen LogP contribution >= 0.6 is 0 Å². The summed E-state index contributed by atoms with van der Waals surface area (Å²) in [7, 11) is 0. The number of carbonyl (C=O) groups excluding carboxylic acids is 2. The molecule has 2 amide bonds. The topological polar surface area (TPSA) is 52.7 Å². The van der Waals surface area contributed by atoms with Crippen molar-refractivity contribution in [3.05, 3.63) is 71.3 Å². The molecule has 0 bridgehead atoms. The number of nitrogens with one attached hydrogen (secondary N) is 1. The van der Waals surface area contributed by atoms with E-state index in [1.165, 1.54) is 5.56 Å². The van der Waals surface area contributed by atoms with Crippen molar-refractivity contribution in [2.24, 2.45) is 5.92 Å². The Morgan fingerprint density at radius 1 is 0.931 bits per heavy atom. The molecule has 1 aliphatic heterocycles. The van der Waals surface area contributed by atoms with Crippen LogP contribution in [0.4, 0.5) is 0 Å². The first kappa shape index (κ1) is 21.1. The zero-order valence-electron chi connectivity index (χ0n) is 17.4. The summed E-state index contributed by atoms with van der Waals surface area (Å²) in [5.41, 5.74) is 2.42. The number of rotatable bonds is 7. The molecule has 2 aromatic rings. The number of benzene rings is 2. The molecule has 2 aromatic carbocycles. The number of hydrogen-bond acceptors (Lipinski definition) is 3. The van der Waals surface area contributed by atoms with Gasteiger partial charge in [0.1, 0.15) is 0 Å². The van der Waals surface area contributed by atoms with E-state index in [1.54, 1.807) is 24.3 Å². The van der Waals surface area contributed by atoms with Crippen LogP contribution in [-0.2, 0) is 6.54 Å². The third-order valence-electron chi connectivity index (χ3n) is 5.29. The van der Waals surface area contributed by atoms with Crippen LogP contribution in [0.2, 0.25) is 0 Å². The van der Waals surface area contributed by atoms with E-state index in [0.29, 0.717) is 36.7 Å². The number of hydrogen-bond donors (Lipinski definition) is 1. The van der Waals surface area contributed by atoms with Gasteiger partial charge in [0.05, 0.1) is 0 Å². The Morgan fingerprint density at radius 2 is 1.62 bits per heavy atom. The Morgan fingerprint density at radius 3 is 2.31 bits per heavy atom. The van der Waals surface area contributed by atoms with E-state index in [4.69, 9.17) is 0 Å². The number of piperazine rings is 1. The highest BCUT2D eigenvalue weighted by Gasteiger charge is 2.22. The smallest absolute Gasteiger partial charge is 0.253 e. The molecule has 0 aliphatic carbocycles. The molecule has 1 saturated heterocycles. The van der Waals surface area contributed by atoms with Crippen molar-refractivity contribution in [2.45, 2.75) is 26.8 Å². The molecular formula is C24H31N3O2. The fraction of sp³-hybridized carbons (Fsp3) is 0.417. The van der Waals surface area contributed by atoms with Crippen LogP contribution in [0, 0.1) is 5.92 Å². The van der Waals surface area contributed by atoms with Crippen LogP contribution in [0.25, 0.3) is 0 Å². The minimum atomic E-state index is -0.118. The molecule has 154 valence electrons. The van der Waals surface area contributed by atoms with Crippen molar-refractivity contribution in [3.8, 4) is 0 Å². The van der Waals surface area contributed by atoms with E-state index in [9.17, 15) is 9.59 Å². The van der Waals surface area contributed by atoms with Crippen molar-refractivity contribution < 1.29 is 9.59 Å². The van der Waals surface area contributed by atoms with Gasteiger partial charge in [-0.05, 0) is 36.1 Å². The van der Waals surface area contributed by atoms with Crippen molar-refractivity contribution in [2.75, 3.05) is 32.7 Å². The van der Waals surface area contributed by atoms with Gasteiger partial charge >= 0.3 is 0 Å². The van der Waals surface area contributed by atoms with E-state index in [2.05, 4.69) is 48.3 Å². The molecule has 29 heavy (non-hydrogen) atoms. The highest BCUT2D eigenvalue weighted by molar-refractivity contribution is 5.99. The Labute approximate surface area is 173 Å². The molecule has 0 aromatic heterocycles. The summed E-state index contributed by atoms with van der Waals surface area (Å²) in [4.78, 5) is 29.5. The zero-order valence-corrected chi connectivity index (χ0v) is 17.4. The standard InChI is InChI=1S/C24H31N3O2/c1-19(2)11-12-25-23(28)21-9-6-10-22(17-21)24(29)27-15-13-26(14-16-27)18-20-7-4-3-5-8-20/h3-10,17,19H,11-16,18H2,1-2H3,(H,25,28). The van der Waals surface area contributed by atoms with Gasteiger partial charge < -0.3 is 10.2 Å². The van der Waals surface area contributed by atoms with Crippen LogP contribution in [0.3, 0.4) is 0 Å². The maximum Gasteiger partial charge on any atom is 0.253 e. The maximum atomic E-state index is 12.9. The largest absolute Gasteiger partial charge is 0.352 e. The Hall–Kier alpha value is -2.66. The average Bonchev–Trinajstić information content (AvgIpc) is 2.74. The van der Waals surface area contributed by atoms with Gasteiger partial charge in [-0.1, -0.05) is 50.2 Å². The van der Waals surface area contributed by atoms with Gasteiger partial charge in [-0.25, -0.2) is 0 Å². The second-order valence-corrected chi connectivity index (χ2v) is 8.07. The molecule has 1 N–H and O–H groups in total. The number of amides is 2. The molecule has 5 nitrogen and oxygen atoms in total. The zero-order chi connectivity index (χ0) is 20.6. The quantitative estimate of drug-likeness (QED) is 0.784. The van der Waals surface area contributed by atoms with Crippen molar-refractivity contribution >= 4 is 11.8 Å². The third kappa shape index (κ3) is 6.16. The van der Waals surface area contributed by atoms with Gasteiger partial charge in [0.25, 0.3) is 11.8 Å². The minimum Gasteiger partial charge on any atom is -0.352 e. The van der Waals surface area contributed by atoms with Crippen molar-refractivity contribution in [3.63, 3.8) is 0 Å². The predicted octanol–water partition coefficient (Wildman–Crippen LogP) is 3.42. The van der Waals surface area contributed by atoms with Gasteiger partial charge in [-0.2, -0.15) is 0 Å². The van der Waals surface area contributed by atoms with E-state index < -0.39 is 0 Å². The number of nitrogens with zero attached hydrogens (tertiary/aromatic N) is 2. The summed E-state index contributed by atoms with van der Waals surface area (Å²) in [5, 5.41) is 2.93. The van der Waals surface area contributed by atoms with E-state index in [0.717, 1.165) is 26.1 Å². The second-order valence-electron chi connectivity index (χ2n) is 8.07. The Balaban J connectivity index is 1.53. The maximum absolute atomic E-state index is 12.9. The molecular weight excluding hydrogens is 362 g/mol. The first-order valence-electron chi connectivity index (χ1n) is 10.5. The normalized spacial score (nSPS) is 14.8. The first-order chi connectivity index (χ1) is 14.0. The summed E-state index contributed by atoms with van der Waals surface area (Å²) >= 11 is 0. The molecule has 0 unspecified atom stereocenters. The van der Waals surface area contributed by atoms with Crippen LogP contribution < -0.4 is 5.32 Å². The van der Waals surface area contributed by atoms with E-state index >= 15 is 0 Å². The average molecular weight is 394 g/mol. The molecule has 5 heteroatoms. The molecule has 0 radical (unpaired) electrons. The summed E-state index contributed by atoms with van der Waals surface area (Å²) in [6, 6.07) is 17.5. The van der Waals surface area contributed by atoms with E-state index in [1.807, 2.05) is 11.0 Å². The lowest BCUT2D eigenvalue weighted by atomic mass is 10.1. The number of carbonyl (C=O) groups is 2. The summed E-state index contributed by atoms with van der Waals surface area (Å²) in [6.07, 6.45) is 0.942. The summed E-state index contributed by atoms with van der Waals surface area (Å²) in [6.45, 7) is 8.95. The first-order valence-corrected chi connectivity index (χ1v) is 10.5. The highest BCUT2D eigenvalue weighted by Crippen LogP contribution is 2.13. The lowest BCUT2D eigenvalue weighted by Gasteiger charge is -2.34. The second kappa shape index (κ2) is 10.2. The molecule has 0 spiro atoms. The molecule has 1 fully saturated rings. The van der Waals surface area contributed by atoms with Crippen molar-refractivity contribution in [1.82, 2.24) is 15.1 Å². The van der Waals surface area contributed by atoms with Crippen LogP contribution in [0.1, 0.15) is 46.5 Å². The minimum absolute atomic E-state index is 0.00110. The molecule has 1 heterocycles. The summed E-state index contributed by atoms with van der Waals surface area (Å²) in [5.74, 6) is 0.429. The van der Waals surface area contributed by atoms with Gasteiger partial charge in [0.15, 0.2) is 0 Å². The van der Waals surface area contributed by atoms with Crippen LogP contribution in [-0.4, -0.2) is 54.3 Å². The molecule has 0 atom stereocenters. The van der Waals surface area contributed by atoms with Gasteiger partial charge in [-0.15, -0.1) is 0 Å². The summed E-state index contributed by atoms with van der Waals surface area (Å²) < 4.78 is 0. The van der Waals surface area contributed by atoms with Gasteiger partial charge in [0.2, 0.25) is 0 Å². The predicted molar refractivity (Wildman–Crippen MR) is 116 cm³/mol. The highest BCUT2D eigenvalue weighted by atomic mass is 16.2. The Bertz CT molecular complexity index is 812. The molecule has 1 aliphatic rings. The van der Waals surface area contributed by atoms with Crippen molar-refractivity contribution in [1.29, 1.82) is 0 Å². The molecule has 3 rings (SSSR count). The third-order valence-corrected chi connectivity index (χ3v) is 5.29. The lowest BCUT2D eigenvalue weighted by Crippen LogP contribution is -2.48. The van der Waals surface area contributed by atoms with Gasteiger partial charge in [-0.3, -0.25) is 14.5 Å². The Kier molecular flexibility index (Phi) is 7.42. The molecule has 0 saturated carbocycles. The SMILES string of the molecule is CC(C)CCNC(=O)c1cccc(C(=O)N2CCN(Cc3ccccc3)CC2)c1.